The van der Waals surface area contributed by atoms with E-state index < -0.39 is 0 Å². The van der Waals surface area contributed by atoms with Crippen LogP contribution in [0.3, 0.4) is 0 Å². The average Bonchev–Trinajstić information content (AvgIpc) is 2.72. The van der Waals surface area contributed by atoms with Gasteiger partial charge in [-0.1, -0.05) is 60.7 Å². The topological polar surface area (TPSA) is 57.9 Å². The van der Waals surface area contributed by atoms with Crippen LogP contribution in [0.4, 0.5) is 5.82 Å². The van der Waals surface area contributed by atoms with Gasteiger partial charge in [-0.25, -0.2) is 4.98 Å². The van der Waals surface area contributed by atoms with Crippen molar-refractivity contribution in [3.8, 4) is 17.3 Å². The van der Waals surface area contributed by atoms with Gasteiger partial charge in [0.25, 0.3) is 0 Å². The van der Waals surface area contributed by atoms with Crippen molar-refractivity contribution in [3.05, 3.63) is 82.9 Å². The first kappa shape index (κ1) is 18.2. The molecular weight excluding hydrogens is 346 g/mol. The van der Waals surface area contributed by atoms with Gasteiger partial charge in [-0.15, -0.1) is 0 Å². The molecule has 1 aliphatic heterocycles. The van der Waals surface area contributed by atoms with E-state index >= 15 is 0 Å². The molecule has 0 saturated carbocycles. The molecule has 0 spiro atoms. The van der Waals surface area contributed by atoms with Crippen molar-refractivity contribution in [3.63, 3.8) is 0 Å². The van der Waals surface area contributed by atoms with E-state index in [0.29, 0.717) is 31.0 Å². The molecule has 2 heterocycles. The summed E-state index contributed by atoms with van der Waals surface area (Å²) in [5, 5.41) is 13.3. The summed E-state index contributed by atoms with van der Waals surface area (Å²) in [5.41, 5.74) is 5.47. The SMILES string of the molecule is CC1(C)Cc2c(C#N)c(NCc3ccccc3)nc(-c3ccccc3)c2CO1. The highest BCUT2D eigenvalue weighted by Crippen LogP contribution is 2.37. The molecule has 1 aromatic heterocycles. The van der Waals surface area contributed by atoms with Crippen LogP contribution in [0.1, 0.15) is 36.1 Å². The molecule has 1 N–H and O–H groups in total. The van der Waals surface area contributed by atoms with Crippen LogP contribution in [-0.2, 0) is 24.3 Å². The number of nitriles is 1. The molecule has 0 saturated heterocycles. The number of ether oxygens (including phenoxy) is 1. The molecule has 1 aliphatic rings. The number of rotatable bonds is 4. The first-order chi connectivity index (χ1) is 13.6. The minimum Gasteiger partial charge on any atom is -0.370 e. The lowest BCUT2D eigenvalue weighted by atomic mass is 9.87. The number of hydrogen-bond donors (Lipinski definition) is 1. The maximum Gasteiger partial charge on any atom is 0.145 e. The Morgan fingerprint density at radius 3 is 2.39 bits per heavy atom. The summed E-state index contributed by atoms with van der Waals surface area (Å²) >= 11 is 0. The Morgan fingerprint density at radius 2 is 1.71 bits per heavy atom. The summed E-state index contributed by atoms with van der Waals surface area (Å²) in [4.78, 5) is 4.88. The third-order valence-electron chi connectivity index (χ3n) is 5.08. The summed E-state index contributed by atoms with van der Waals surface area (Å²) in [6.45, 7) is 5.22. The van der Waals surface area contributed by atoms with Gasteiger partial charge < -0.3 is 10.1 Å². The van der Waals surface area contributed by atoms with Gasteiger partial charge >= 0.3 is 0 Å². The fraction of sp³-hybridized carbons (Fsp3) is 0.250. The number of nitrogens with one attached hydrogen (secondary N) is 1. The van der Waals surface area contributed by atoms with Crippen LogP contribution in [0.15, 0.2) is 60.7 Å². The molecule has 4 heteroatoms. The first-order valence-corrected chi connectivity index (χ1v) is 9.50. The molecule has 140 valence electrons. The summed E-state index contributed by atoms with van der Waals surface area (Å²) in [6.07, 6.45) is 0.688. The maximum absolute atomic E-state index is 9.93. The fourth-order valence-corrected chi connectivity index (χ4v) is 3.63. The number of benzene rings is 2. The van der Waals surface area contributed by atoms with Gasteiger partial charge in [-0.3, -0.25) is 0 Å². The van der Waals surface area contributed by atoms with E-state index in [-0.39, 0.29) is 5.60 Å². The number of aromatic nitrogens is 1. The number of hydrogen-bond acceptors (Lipinski definition) is 4. The van der Waals surface area contributed by atoms with Crippen LogP contribution in [0.25, 0.3) is 11.3 Å². The van der Waals surface area contributed by atoms with Gasteiger partial charge in [0.1, 0.15) is 11.9 Å². The molecular formula is C24H23N3O. The van der Waals surface area contributed by atoms with E-state index in [1.807, 2.05) is 36.4 Å². The molecule has 3 aromatic rings. The van der Waals surface area contributed by atoms with Crippen molar-refractivity contribution in [2.75, 3.05) is 5.32 Å². The summed E-state index contributed by atoms with van der Waals surface area (Å²) in [5.74, 6) is 0.640. The van der Waals surface area contributed by atoms with Crippen LogP contribution in [0.2, 0.25) is 0 Å². The lowest BCUT2D eigenvalue weighted by molar-refractivity contribution is -0.0400. The zero-order valence-corrected chi connectivity index (χ0v) is 16.2. The second kappa shape index (κ2) is 7.46. The average molecular weight is 369 g/mol. The monoisotopic (exact) mass is 369 g/mol. The third-order valence-corrected chi connectivity index (χ3v) is 5.08. The van der Waals surface area contributed by atoms with Crippen LogP contribution in [-0.4, -0.2) is 10.6 Å². The van der Waals surface area contributed by atoms with E-state index in [2.05, 4.69) is 49.5 Å². The molecule has 0 amide bonds. The van der Waals surface area contributed by atoms with Crippen molar-refractivity contribution in [2.45, 2.75) is 39.0 Å². The number of anilines is 1. The highest BCUT2D eigenvalue weighted by molar-refractivity contribution is 5.72. The van der Waals surface area contributed by atoms with E-state index in [4.69, 9.17) is 9.72 Å². The number of fused-ring (bicyclic) bond motifs is 1. The Labute approximate surface area is 165 Å². The lowest BCUT2D eigenvalue weighted by Crippen LogP contribution is -2.33. The fourth-order valence-electron chi connectivity index (χ4n) is 3.63. The molecule has 4 nitrogen and oxygen atoms in total. The highest BCUT2D eigenvalue weighted by atomic mass is 16.5. The van der Waals surface area contributed by atoms with Crippen LogP contribution in [0, 0.1) is 11.3 Å². The minimum atomic E-state index is -0.301. The van der Waals surface area contributed by atoms with E-state index in [1.54, 1.807) is 0 Å². The molecule has 4 rings (SSSR count). The van der Waals surface area contributed by atoms with Crippen LogP contribution >= 0.6 is 0 Å². The van der Waals surface area contributed by atoms with Crippen molar-refractivity contribution >= 4 is 5.82 Å². The van der Waals surface area contributed by atoms with Crippen LogP contribution in [0.5, 0.6) is 0 Å². The van der Waals surface area contributed by atoms with Gasteiger partial charge in [0.15, 0.2) is 0 Å². The van der Waals surface area contributed by atoms with Crippen molar-refractivity contribution < 1.29 is 4.74 Å². The van der Waals surface area contributed by atoms with Crippen molar-refractivity contribution in [2.24, 2.45) is 0 Å². The van der Waals surface area contributed by atoms with E-state index in [9.17, 15) is 5.26 Å². The van der Waals surface area contributed by atoms with Gasteiger partial charge in [0, 0.05) is 24.1 Å². The predicted molar refractivity (Wildman–Crippen MR) is 111 cm³/mol. The molecule has 0 fully saturated rings. The summed E-state index contributed by atoms with van der Waals surface area (Å²) in [7, 11) is 0. The summed E-state index contributed by atoms with van der Waals surface area (Å²) in [6, 6.07) is 22.6. The quantitative estimate of drug-likeness (QED) is 0.696. The van der Waals surface area contributed by atoms with Crippen molar-refractivity contribution in [1.29, 1.82) is 5.26 Å². The van der Waals surface area contributed by atoms with E-state index in [1.165, 1.54) is 0 Å². The minimum absolute atomic E-state index is 0.301. The second-order valence-corrected chi connectivity index (χ2v) is 7.68. The Hall–Kier alpha value is -3.16. The van der Waals surface area contributed by atoms with Crippen molar-refractivity contribution in [1.82, 2.24) is 4.98 Å². The standard InChI is InChI=1S/C24H23N3O/c1-24(2)13-19-20(14-25)23(26-15-17-9-5-3-6-10-17)27-22(21(19)16-28-24)18-11-7-4-8-12-18/h3-12H,13,15-16H2,1-2H3,(H,26,27). The van der Waals surface area contributed by atoms with Gasteiger partial charge in [-0.05, 0) is 25.0 Å². The number of pyridine rings is 1. The molecule has 0 atom stereocenters. The molecule has 0 radical (unpaired) electrons. The van der Waals surface area contributed by atoms with Gasteiger partial charge in [0.2, 0.25) is 0 Å². The Bertz CT molecular complexity index is 1020. The predicted octanol–water partition coefficient (Wildman–Crippen LogP) is 5.08. The lowest BCUT2D eigenvalue weighted by Gasteiger charge is -2.33. The van der Waals surface area contributed by atoms with Gasteiger partial charge in [-0.2, -0.15) is 5.26 Å². The zero-order valence-electron chi connectivity index (χ0n) is 16.2. The summed E-state index contributed by atoms with van der Waals surface area (Å²) < 4.78 is 6.05. The third kappa shape index (κ3) is 3.62. The smallest absolute Gasteiger partial charge is 0.145 e. The molecule has 0 aliphatic carbocycles. The first-order valence-electron chi connectivity index (χ1n) is 9.50. The van der Waals surface area contributed by atoms with E-state index in [0.717, 1.165) is 27.9 Å². The maximum atomic E-state index is 9.93. The zero-order chi connectivity index (χ0) is 19.6. The normalized spacial score (nSPS) is 14.8. The Kier molecular flexibility index (Phi) is 4.85. The molecule has 28 heavy (non-hydrogen) atoms. The van der Waals surface area contributed by atoms with Crippen LogP contribution < -0.4 is 5.32 Å². The van der Waals surface area contributed by atoms with Gasteiger partial charge in [0.05, 0.1) is 23.5 Å². The molecule has 0 bridgehead atoms. The Balaban J connectivity index is 1.82. The Morgan fingerprint density at radius 1 is 1.04 bits per heavy atom. The number of nitrogens with zero attached hydrogens (tertiary/aromatic N) is 2. The highest BCUT2D eigenvalue weighted by Gasteiger charge is 2.32. The molecule has 0 unspecified atom stereocenters. The molecule has 2 aromatic carbocycles. The largest absolute Gasteiger partial charge is 0.370 e. The second-order valence-electron chi connectivity index (χ2n) is 7.68.